The number of nitrogens with two attached hydrogens (primary N) is 1. The van der Waals surface area contributed by atoms with Crippen LogP contribution in [-0.4, -0.2) is 23.9 Å². The molecule has 0 radical (unpaired) electrons. The van der Waals surface area contributed by atoms with Crippen LogP contribution in [0.5, 0.6) is 0 Å². The molecule has 5 aliphatic carbocycles. The Bertz CT molecular complexity index is 746. The Morgan fingerprint density at radius 3 is 2.50 bits per heavy atom. The molecule has 5 fully saturated rings. The van der Waals surface area contributed by atoms with Crippen LogP contribution in [0.15, 0.2) is 30.3 Å². The van der Waals surface area contributed by atoms with Gasteiger partial charge >= 0.3 is 0 Å². The monoisotopic (exact) mass is 400 g/mol. The van der Waals surface area contributed by atoms with Crippen molar-refractivity contribution >= 4 is 17.5 Å². The average Bonchev–Trinajstić information content (AvgIpc) is 2.69. The van der Waals surface area contributed by atoms with E-state index in [2.05, 4.69) is 35.6 Å². The van der Waals surface area contributed by atoms with Gasteiger partial charge < -0.3 is 11.1 Å². The molecule has 4 heteroatoms. The summed E-state index contributed by atoms with van der Waals surface area (Å²) in [5.74, 6) is 1.62. The normalized spacial score (nSPS) is 44.4. The highest BCUT2D eigenvalue weighted by atomic mass is 35.5. The smallest absolute Gasteiger partial charge is 0.226 e. The summed E-state index contributed by atoms with van der Waals surface area (Å²) in [4.78, 5) is 13.7. The SMILES string of the molecule is N[C@H]1CC[C@H](NC(=O)C23CC4CC(CCl)(C2)CC(c2ccccc2)(C4)C3)CC1. The molecule has 0 saturated heterocycles. The summed E-state index contributed by atoms with van der Waals surface area (Å²) in [7, 11) is 0. The number of nitrogens with one attached hydrogen (secondary N) is 1. The molecule has 5 aliphatic rings. The number of amides is 1. The quantitative estimate of drug-likeness (QED) is 0.730. The second kappa shape index (κ2) is 6.74. The van der Waals surface area contributed by atoms with E-state index in [9.17, 15) is 4.79 Å². The van der Waals surface area contributed by atoms with E-state index in [1.807, 2.05) is 0 Å². The Morgan fingerprint density at radius 1 is 1.04 bits per heavy atom. The standard InChI is InChI=1S/C24H33ClN2O/c25-16-22-10-17-11-23(13-22,18-4-2-1-3-5-18)15-24(12-17,14-22)21(28)27-20-8-6-19(26)7-9-20/h1-5,17,19-20H,6-16,26H2,(H,27,28)/t17?,19-,20-,22?,23?,24?. The van der Waals surface area contributed by atoms with E-state index in [0.717, 1.165) is 51.4 Å². The fraction of sp³-hybridized carbons (Fsp3) is 0.708. The predicted octanol–water partition coefficient (Wildman–Crippen LogP) is 4.52. The van der Waals surface area contributed by atoms with Crippen LogP contribution in [0.2, 0.25) is 0 Å². The molecular weight excluding hydrogens is 368 g/mol. The minimum Gasteiger partial charge on any atom is -0.353 e. The van der Waals surface area contributed by atoms with E-state index in [4.69, 9.17) is 17.3 Å². The third-order valence-corrected chi connectivity index (χ3v) is 9.01. The molecule has 0 aromatic heterocycles. The highest BCUT2D eigenvalue weighted by molar-refractivity contribution is 6.18. The number of halogens is 1. The zero-order valence-corrected chi connectivity index (χ0v) is 17.5. The van der Waals surface area contributed by atoms with Crippen molar-refractivity contribution in [2.24, 2.45) is 22.5 Å². The van der Waals surface area contributed by atoms with Crippen molar-refractivity contribution in [2.75, 3.05) is 5.88 Å². The fourth-order valence-corrected chi connectivity index (χ4v) is 8.05. The lowest BCUT2D eigenvalue weighted by Crippen LogP contribution is -2.64. The van der Waals surface area contributed by atoms with Gasteiger partial charge in [0.25, 0.3) is 0 Å². The van der Waals surface area contributed by atoms with Gasteiger partial charge in [-0.3, -0.25) is 4.79 Å². The number of carbonyl (C=O) groups is 1. The molecule has 4 unspecified atom stereocenters. The molecule has 3 N–H and O–H groups in total. The van der Waals surface area contributed by atoms with Crippen LogP contribution in [0.4, 0.5) is 0 Å². The molecule has 152 valence electrons. The molecule has 0 heterocycles. The van der Waals surface area contributed by atoms with Gasteiger partial charge in [-0.15, -0.1) is 11.6 Å². The molecule has 6 rings (SSSR count). The molecule has 0 aliphatic heterocycles. The fourth-order valence-electron chi connectivity index (χ4n) is 7.76. The molecule has 1 aromatic rings. The Kier molecular flexibility index (Phi) is 4.56. The number of hydrogen-bond acceptors (Lipinski definition) is 2. The van der Waals surface area contributed by atoms with E-state index >= 15 is 0 Å². The summed E-state index contributed by atoms with van der Waals surface area (Å²) in [5, 5.41) is 3.47. The Morgan fingerprint density at radius 2 is 1.79 bits per heavy atom. The molecule has 4 bridgehead atoms. The Hall–Kier alpha value is -1.06. The lowest BCUT2D eigenvalue weighted by molar-refractivity contribution is -0.160. The Labute approximate surface area is 173 Å². The second-order valence-corrected chi connectivity index (χ2v) is 10.9. The summed E-state index contributed by atoms with van der Waals surface area (Å²) in [6, 6.07) is 11.6. The highest BCUT2D eigenvalue weighted by Gasteiger charge is 2.65. The maximum Gasteiger partial charge on any atom is 0.226 e. The second-order valence-electron chi connectivity index (χ2n) is 10.7. The van der Waals surface area contributed by atoms with Gasteiger partial charge in [0.05, 0.1) is 5.41 Å². The summed E-state index contributed by atoms with van der Waals surface area (Å²) in [6.45, 7) is 0. The minimum atomic E-state index is -0.232. The van der Waals surface area contributed by atoms with E-state index < -0.39 is 0 Å². The van der Waals surface area contributed by atoms with Gasteiger partial charge in [0, 0.05) is 18.0 Å². The Balaban J connectivity index is 1.45. The molecule has 5 saturated carbocycles. The number of alkyl halides is 1. The zero-order chi connectivity index (χ0) is 19.4. The van der Waals surface area contributed by atoms with Crippen LogP contribution in [0.25, 0.3) is 0 Å². The minimum absolute atomic E-state index is 0.127. The van der Waals surface area contributed by atoms with Crippen molar-refractivity contribution in [1.29, 1.82) is 0 Å². The van der Waals surface area contributed by atoms with E-state index in [-0.39, 0.29) is 16.2 Å². The first-order valence-corrected chi connectivity index (χ1v) is 11.7. The number of carbonyl (C=O) groups excluding carboxylic acids is 1. The van der Waals surface area contributed by atoms with Gasteiger partial charge in [0.15, 0.2) is 0 Å². The first-order valence-electron chi connectivity index (χ1n) is 11.1. The maximum atomic E-state index is 13.7. The molecule has 1 aromatic carbocycles. The summed E-state index contributed by atoms with van der Waals surface area (Å²) >= 11 is 6.60. The molecule has 3 nitrogen and oxygen atoms in total. The molecule has 28 heavy (non-hydrogen) atoms. The van der Waals surface area contributed by atoms with Crippen molar-refractivity contribution in [3.05, 3.63) is 35.9 Å². The van der Waals surface area contributed by atoms with Crippen LogP contribution < -0.4 is 11.1 Å². The number of benzene rings is 1. The average molecular weight is 401 g/mol. The zero-order valence-electron chi connectivity index (χ0n) is 16.8. The van der Waals surface area contributed by atoms with Gasteiger partial charge in [-0.05, 0) is 86.5 Å². The van der Waals surface area contributed by atoms with Crippen molar-refractivity contribution in [2.45, 2.75) is 81.7 Å². The van der Waals surface area contributed by atoms with Crippen LogP contribution in [0.3, 0.4) is 0 Å². The van der Waals surface area contributed by atoms with Crippen molar-refractivity contribution in [3.63, 3.8) is 0 Å². The number of rotatable bonds is 4. The van der Waals surface area contributed by atoms with Crippen molar-refractivity contribution in [3.8, 4) is 0 Å². The summed E-state index contributed by atoms with van der Waals surface area (Å²) in [5.41, 5.74) is 7.51. The van der Waals surface area contributed by atoms with E-state index in [1.54, 1.807) is 0 Å². The lowest BCUT2D eigenvalue weighted by atomic mass is 9.38. The van der Waals surface area contributed by atoms with Crippen molar-refractivity contribution in [1.82, 2.24) is 5.32 Å². The first kappa shape index (κ1) is 18.9. The lowest BCUT2D eigenvalue weighted by Gasteiger charge is -2.66. The van der Waals surface area contributed by atoms with E-state index in [1.165, 1.54) is 18.4 Å². The van der Waals surface area contributed by atoms with Gasteiger partial charge in [0.1, 0.15) is 0 Å². The predicted molar refractivity (Wildman–Crippen MR) is 113 cm³/mol. The van der Waals surface area contributed by atoms with Gasteiger partial charge in [0.2, 0.25) is 5.91 Å². The summed E-state index contributed by atoms with van der Waals surface area (Å²) < 4.78 is 0. The largest absolute Gasteiger partial charge is 0.353 e. The molecular formula is C24H33ClN2O. The van der Waals surface area contributed by atoms with Crippen LogP contribution in [0, 0.1) is 16.7 Å². The van der Waals surface area contributed by atoms with Crippen LogP contribution in [-0.2, 0) is 10.2 Å². The number of hydrogen-bond donors (Lipinski definition) is 2. The van der Waals surface area contributed by atoms with Gasteiger partial charge in [-0.25, -0.2) is 0 Å². The molecule has 1 amide bonds. The third-order valence-electron chi connectivity index (χ3n) is 8.44. The van der Waals surface area contributed by atoms with Crippen LogP contribution >= 0.6 is 11.6 Å². The van der Waals surface area contributed by atoms with E-state index in [0.29, 0.717) is 29.8 Å². The molecule has 0 spiro atoms. The topological polar surface area (TPSA) is 55.1 Å². The molecule has 4 atom stereocenters. The first-order chi connectivity index (χ1) is 13.5. The van der Waals surface area contributed by atoms with Gasteiger partial charge in [-0.1, -0.05) is 30.3 Å². The van der Waals surface area contributed by atoms with Crippen molar-refractivity contribution < 1.29 is 4.79 Å². The summed E-state index contributed by atoms with van der Waals surface area (Å²) in [6.07, 6.45) is 10.7. The van der Waals surface area contributed by atoms with Crippen LogP contribution in [0.1, 0.15) is 69.8 Å². The maximum absolute atomic E-state index is 13.7. The van der Waals surface area contributed by atoms with Gasteiger partial charge in [-0.2, -0.15) is 0 Å². The third kappa shape index (κ3) is 3.01. The highest BCUT2D eigenvalue weighted by Crippen LogP contribution is 2.70.